The standard InChI is InChI=1S/C14H19N5O2/c1-21-10-12-5-3-2-4-11(12)7-16-14(20)9-19-8-13(6-15)17-18-19/h2-5,8H,6-7,9-10,15H2,1H3,(H,16,20). The summed E-state index contributed by atoms with van der Waals surface area (Å²) in [5.41, 5.74) is 8.20. The highest BCUT2D eigenvalue weighted by Crippen LogP contribution is 2.09. The fourth-order valence-electron chi connectivity index (χ4n) is 1.93. The molecule has 0 bridgehead atoms. The summed E-state index contributed by atoms with van der Waals surface area (Å²) >= 11 is 0. The van der Waals surface area contributed by atoms with Crippen molar-refractivity contribution in [3.63, 3.8) is 0 Å². The van der Waals surface area contributed by atoms with Crippen molar-refractivity contribution in [2.75, 3.05) is 7.11 Å². The average molecular weight is 289 g/mol. The van der Waals surface area contributed by atoms with Crippen molar-refractivity contribution in [1.29, 1.82) is 0 Å². The molecule has 0 atom stereocenters. The van der Waals surface area contributed by atoms with Gasteiger partial charge in [0.15, 0.2) is 0 Å². The van der Waals surface area contributed by atoms with Crippen LogP contribution >= 0.6 is 0 Å². The number of methoxy groups -OCH3 is 1. The largest absolute Gasteiger partial charge is 0.380 e. The third-order valence-corrected chi connectivity index (χ3v) is 3.00. The molecule has 1 amide bonds. The molecular formula is C14H19N5O2. The van der Waals surface area contributed by atoms with Crippen LogP contribution in [0.5, 0.6) is 0 Å². The second-order valence-electron chi connectivity index (χ2n) is 4.59. The van der Waals surface area contributed by atoms with E-state index in [1.54, 1.807) is 13.3 Å². The second-order valence-corrected chi connectivity index (χ2v) is 4.59. The normalized spacial score (nSPS) is 10.6. The molecule has 3 N–H and O–H groups in total. The lowest BCUT2D eigenvalue weighted by Gasteiger charge is -2.10. The lowest BCUT2D eigenvalue weighted by Crippen LogP contribution is -2.27. The van der Waals surface area contributed by atoms with Gasteiger partial charge >= 0.3 is 0 Å². The summed E-state index contributed by atoms with van der Waals surface area (Å²) in [6, 6.07) is 7.83. The summed E-state index contributed by atoms with van der Waals surface area (Å²) in [7, 11) is 1.65. The second kappa shape index (κ2) is 7.51. The van der Waals surface area contributed by atoms with Crippen LogP contribution in [0.15, 0.2) is 30.5 Å². The zero-order valence-electron chi connectivity index (χ0n) is 12.0. The summed E-state index contributed by atoms with van der Waals surface area (Å²) in [6.45, 7) is 1.41. The van der Waals surface area contributed by atoms with E-state index in [0.717, 1.165) is 11.1 Å². The van der Waals surface area contributed by atoms with E-state index >= 15 is 0 Å². The monoisotopic (exact) mass is 289 g/mol. The molecule has 0 radical (unpaired) electrons. The van der Waals surface area contributed by atoms with E-state index in [1.165, 1.54) is 4.68 Å². The number of hydrogen-bond acceptors (Lipinski definition) is 5. The van der Waals surface area contributed by atoms with E-state index in [2.05, 4.69) is 15.6 Å². The molecular weight excluding hydrogens is 270 g/mol. The molecule has 0 saturated heterocycles. The first-order valence-electron chi connectivity index (χ1n) is 6.64. The molecule has 7 nitrogen and oxygen atoms in total. The summed E-state index contributed by atoms with van der Waals surface area (Å²) < 4.78 is 6.61. The van der Waals surface area contributed by atoms with Gasteiger partial charge in [-0.25, -0.2) is 4.68 Å². The zero-order chi connectivity index (χ0) is 15.1. The molecule has 0 spiro atoms. The molecule has 21 heavy (non-hydrogen) atoms. The van der Waals surface area contributed by atoms with Crippen LogP contribution < -0.4 is 11.1 Å². The molecule has 1 heterocycles. The van der Waals surface area contributed by atoms with Crippen LogP contribution in [0.2, 0.25) is 0 Å². The fourth-order valence-corrected chi connectivity index (χ4v) is 1.93. The quantitative estimate of drug-likeness (QED) is 0.759. The first kappa shape index (κ1) is 15.1. The Hall–Kier alpha value is -2.25. The molecule has 0 unspecified atom stereocenters. The van der Waals surface area contributed by atoms with Crippen LogP contribution in [-0.2, 0) is 35.8 Å². The number of nitrogens with two attached hydrogens (primary N) is 1. The molecule has 1 aromatic heterocycles. The van der Waals surface area contributed by atoms with E-state index in [4.69, 9.17) is 10.5 Å². The van der Waals surface area contributed by atoms with Crippen molar-refractivity contribution < 1.29 is 9.53 Å². The average Bonchev–Trinajstić information content (AvgIpc) is 2.94. The van der Waals surface area contributed by atoms with Crippen molar-refractivity contribution >= 4 is 5.91 Å². The van der Waals surface area contributed by atoms with Crippen molar-refractivity contribution in [3.05, 3.63) is 47.3 Å². The number of benzene rings is 1. The van der Waals surface area contributed by atoms with Gasteiger partial charge in [-0.3, -0.25) is 4.79 Å². The number of ether oxygens (including phenoxy) is 1. The number of hydrogen-bond donors (Lipinski definition) is 2. The van der Waals surface area contributed by atoms with Crippen LogP contribution in [0.25, 0.3) is 0 Å². The first-order valence-corrected chi connectivity index (χ1v) is 6.64. The highest BCUT2D eigenvalue weighted by atomic mass is 16.5. The van der Waals surface area contributed by atoms with Gasteiger partial charge in [0.25, 0.3) is 0 Å². The Morgan fingerprint density at radius 2 is 2.14 bits per heavy atom. The van der Waals surface area contributed by atoms with Gasteiger partial charge in [-0.1, -0.05) is 29.5 Å². The van der Waals surface area contributed by atoms with Crippen LogP contribution in [-0.4, -0.2) is 28.0 Å². The van der Waals surface area contributed by atoms with Crippen molar-refractivity contribution in [2.45, 2.75) is 26.2 Å². The molecule has 0 aliphatic rings. The van der Waals surface area contributed by atoms with Crippen molar-refractivity contribution in [1.82, 2.24) is 20.3 Å². The van der Waals surface area contributed by atoms with E-state index in [9.17, 15) is 4.79 Å². The minimum atomic E-state index is -0.129. The van der Waals surface area contributed by atoms with Crippen LogP contribution in [0, 0.1) is 0 Å². The lowest BCUT2D eigenvalue weighted by molar-refractivity contribution is -0.122. The number of amides is 1. The first-order chi connectivity index (χ1) is 10.2. The van der Waals surface area contributed by atoms with Gasteiger partial charge in [0.2, 0.25) is 5.91 Å². The predicted octanol–water partition coefficient (Wildman–Crippen LogP) is 0.200. The highest BCUT2D eigenvalue weighted by Gasteiger charge is 2.07. The van der Waals surface area contributed by atoms with E-state index in [-0.39, 0.29) is 12.5 Å². The number of carbonyl (C=O) groups excluding carboxylic acids is 1. The molecule has 1 aromatic carbocycles. The Kier molecular flexibility index (Phi) is 5.42. The van der Waals surface area contributed by atoms with Gasteiger partial charge in [-0.05, 0) is 11.1 Å². The third kappa shape index (κ3) is 4.37. The Labute approximate surface area is 123 Å². The summed E-state index contributed by atoms with van der Waals surface area (Å²) in [5, 5.41) is 10.5. The maximum absolute atomic E-state index is 11.9. The Bertz CT molecular complexity index is 597. The smallest absolute Gasteiger partial charge is 0.242 e. The maximum Gasteiger partial charge on any atom is 0.242 e. The van der Waals surface area contributed by atoms with Gasteiger partial charge in [0, 0.05) is 20.2 Å². The molecule has 0 saturated carbocycles. The van der Waals surface area contributed by atoms with Gasteiger partial charge in [-0.2, -0.15) is 0 Å². The van der Waals surface area contributed by atoms with Crippen LogP contribution in [0.1, 0.15) is 16.8 Å². The van der Waals surface area contributed by atoms with Crippen molar-refractivity contribution in [2.24, 2.45) is 5.73 Å². The molecule has 0 aliphatic heterocycles. The fraction of sp³-hybridized carbons (Fsp3) is 0.357. The minimum Gasteiger partial charge on any atom is -0.380 e. The number of nitrogens with zero attached hydrogens (tertiary/aromatic N) is 3. The van der Waals surface area contributed by atoms with Gasteiger partial charge in [-0.15, -0.1) is 5.10 Å². The lowest BCUT2D eigenvalue weighted by atomic mass is 10.1. The molecule has 112 valence electrons. The number of carbonyl (C=O) groups is 1. The van der Waals surface area contributed by atoms with Gasteiger partial charge in [0.05, 0.1) is 18.5 Å². The predicted molar refractivity (Wildman–Crippen MR) is 76.9 cm³/mol. The molecule has 2 aromatic rings. The van der Waals surface area contributed by atoms with E-state index < -0.39 is 0 Å². The van der Waals surface area contributed by atoms with E-state index in [1.807, 2.05) is 24.3 Å². The van der Waals surface area contributed by atoms with Crippen molar-refractivity contribution in [3.8, 4) is 0 Å². The summed E-state index contributed by atoms with van der Waals surface area (Å²) in [5.74, 6) is -0.129. The Morgan fingerprint density at radius 3 is 2.81 bits per heavy atom. The number of aromatic nitrogens is 3. The zero-order valence-corrected chi connectivity index (χ0v) is 12.0. The summed E-state index contributed by atoms with van der Waals surface area (Å²) in [4.78, 5) is 11.9. The third-order valence-electron chi connectivity index (χ3n) is 3.00. The molecule has 0 aliphatic carbocycles. The molecule has 2 rings (SSSR count). The topological polar surface area (TPSA) is 95.1 Å². The minimum absolute atomic E-state index is 0.124. The molecule has 7 heteroatoms. The maximum atomic E-state index is 11.9. The molecule has 0 fully saturated rings. The highest BCUT2D eigenvalue weighted by molar-refractivity contribution is 5.75. The Morgan fingerprint density at radius 1 is 1.38 bits per heavy atom. The van der Waals surface area contributed by atoms with E-state index in [0.29, 0.717) is 25.4 Å². The van der Waals surface area contributed by atoms with Gasteiger partial charge in [0.1, 0.15) is 6.54 Å². The van der Waals surface area contributed by atoms with Crippen LogP contribution in [0.4, 0.5) is 0 Å². The number of rotatable bonds is 7. The number of nitrogens with one attached hydrogen (secondary N) is 1. The van der Waals surface area contributed by atoms with Crippen LogP contribution in [0.3, 0.4) is 0 Å². The van der Waals surface area contributed by atoms with Gasteiger partial charge < -0.3 is 15.8 Å². The summed E-state index contributed by atoms with van der Waals surface area (Å²) in [6.07, 6.45) is 1.67. The SMILES string of the molecule is COCc1ccccc1CNC(=O)Cn1cc(CN)nn1. The Balaban J connectivity index is 1.89.